The van der Waals surface area contributed by atoms with E-state index in [1.807, 2.05) is 0 Å². The van der Waals surface area contributed by atoms with Crippen LogP contribution < -0.4 is 15.4 Å². The third-order valence-corrected chi connectivity index (χ3v) is 7.16. The molecule has 0 spiro atoms. The molecule has 0 aliphatic carbocycles. The van der Waals surface area contributed by atoms with E-state index in [0.717, 1.165) is 6.07 Å². The minimum absolute atomic E-state index is 0.00763. The number of carbonyl (C=O) groups is 3. The first-order valence-corrected chi connectivity index (χ1v) is 12.9. The Hall–Kier alpha value is -5.77. The van der Waals surface area contributed by atoms with Gasteiger partial charge in [0.05, 0.1) is 31.1 Å². The van der Waals surface area contributed by atoms with Crippen molar-refractivity contribution in [2.45, 2.75) is 12.1 Å². The molecule has 3 N–H and O–H groups in total. The highest BCUT2D eigenvalue weighted by Gasteiger charge is 2.48. The van der Waals surface area contributed by atoms with Gasteiger partial charge in [0.25, 0.3) is 11.8 Å². The summed E-state index contributed by atoms with van der Waals surface area (Å²) < 4.78 is 36.7. The number of hydrogen-bond acceptors (Lipinski definition) is 7. The molecular formula is C30H22F2N6O5. The molecule has 2 aromatic carbocycles. The summed E-state index contributed by atoms with van der Waals surface area (Å²) in [4.78, 5) is 43.7. The minimum Gasteiger partial charge on any atom is -0.506 e. The Morgan fingerprint density at radius 2 is 1.95 bits per heavy atom. The summed E-state index contributed by atoms with van der Waals surface area (Å²) in [7, 11) is 3.02. The molecule has 0 radical (unpaired) electrons. The summed E-state index contributed by atoms with van der Waals surface area (Å²) in [5.41, 5.74) is -0.373. The number of amides is 4. The Bertz CT molecular complexity index is 1910. The second-order valence-electron chi connectivity index (χ2n) is 10.0. The van der Waals surface area contributed by atoms with Gasteiger partial charge in [-0.1, -0.05) is 17.9 Å². The number of fused-ring (bicyclic) bond motifs is 1. The number of nitrogens with zero attached hydrogens (tertiary/aromatic N) is 4. The molecule has 2 aromatic heterocycles. The molecule has 216 valence electrons. The number of aromatic hydroxyl groups is 1. The van der Waals surface area contributed by atoms with Gasteiger partial charge in [-0.15, -0.1) is 0 Å². The maximum Gasteiger partial charge on any atom is 0.323 e. The summed E-state index contributed by atoms with van der Waals surface area (Å²) in [6, 6.07) is 9.05. The topological polar surface area (TPSA) is 139 Å². The average molecular weight is 585 g/mol. The minimum atomic E-state index is -1.89. The summed E-state index contributed by atoms with van der Waals surface area (Å²) >= 11 is 0. The summed E-state index contributed by atoms with van der Waals surface area (Å²) in [6.07, 6.45) is 3.32. The number of hydrogen-bond donors (Lipinski definition) is 3. The summed E-state index contributed by atoms with van der Waals surface area (Å²) in [5, 5.41) is 19.1. The average Bonchev–Trinajstić information content (AvgIpc) is 3.63. The van der Waals surface area contributed by atoms with Gasteiger partial charge in [0, 0.05) is 36.5 Å². The molecule has 13 heteroatoms. The zero-order valence-corrected chi connectivity index (χ0v) is 22.7. The zero-order chi connectivity index (χ0) is 30.5. The highest BCUT2D eigenvalue weighted by molar-refractivity contribution is 6.10. The number of rotatable bonds is 5. The molecule has 2 aliphatic heterocycles. The Labute approximate surface area is 243 Å². The van der Waals surface area contributed by atoms with Gasteiger partial charge < -0.3 is 20.1 Å². The van der Waals surface area contributed by atoms with Crippen molar-refractivity contribution in [2.24, 2.45) is 7.05 Å². The smallest absolute Gasteiger partial charge is 0.323 e. The number of carbonyl (C=O) groups excluding carboxylic acids is 3. The van der Waals surface area contributed by atoms with E-state index in [1.165, 1.54) is 36.3 Å². The van der Waals surface area contributed by atoms with E-state index in [1.54, 1.807) is 36.3 Å². The van der Waals surface area contributed by atoms with Crippen LogP contribution in [0.3, 0.4) is 0 Å². The fraction of sp³-hybridized carbons (Fsp3) is 0.167. The lowest BCUT2D eigenvalue weighted by atomic mass is 9.98. The Balaban J connectivity index is 1.30. The fourth-order valence-corrected chi connectivity index (χ4v) is 5.03. The monoisotopic (exact) mass is 584 g/mol. The maximum atomic E-state index is 15.3. The van der Waals surface area contributed by atoms with E-state index >= 15 is 4.39 Å². The molecule has 1 fully saturated rings. The normalized spacial score (nSPS) is 17.3. The molecule has 4 heterocycles. The van der Waals surface area contributed by atoms with Crippen LogP contribution in [0, 0.1) is 23.5 Å². The largest absolute Gasteiger partial charge is 0.506 e. The molecule has 0 saturated carbocycles. The van der Waals surface area contributed by atoms with Crippen LogP contribution in [0.15, 0.2) is 54.9 Å². The second-order valence-corrected chi connectivity index (χ2v) is 10.0. The Morgan fingerprint density at radius 3 is 2.63 bits per heavy atom. The van der Waals surface area contributed by atoms with Gasteiger partial charge in [-0.3, -0.25) is 19.6 Å². The first-order chi connectivity index (χ1) is 20.6. The van der Waals surface area contributed by atoms with Crippen LogP contribution >= 0.6 is 0 Å². The van der Waals surface area contributed by atoms with Crippen molar-refractivity contribution in [1.82, 2.24) is 30.3 Å². The molecule has 0 unspecified atom stereocenters. The number of pyridine rings is 1. The molecule has 1 saturated heterocycles. The second kappa shape index (κ2) is 10.3. The van der Waals surface area contributed by atoms with Crippen molar-refractivity contribution in [2.75, 3.05) is 13.7 Å². The SMILES string of the molecule is COc1ccc2c(c1F)C(=O)N(C[C@@]1(C#Cc3ccc(-c4nc(-c5cnn(C)c5)ccc4O)c(F)c3)NC(=O)NC1=O)C2. The van der Waals surface area contributed by atoms with E-state index in [0.29, 0.717) is 16.8 Å². The van der Waals surface area contributed by atoms with Crippen molar-refractivity contribution < 1.29 is 33.0 Å². The molecule has 1 atom stereocenters. The van der Waals surface area contributed by atoms with Crippen LogP contribution in [0.5, 0.6) is 11.5 Å². The fourth-order valence-electron chi connectivity index (χ4n) is 5.03. The molecule has 11 nitrogen and oxygen atoms in total. The van der Waals surface area contributed by atoms with E-state index in [2.05, 4.69) is 32.6 Å². The van der Waals surface area contributed by atoms with Gasteiger partial charge in [0.15, 0.2) is 11.6 Å². The van der Waals surface area contributed by atoms with E-state index in [9.17, 15) is 23.9 Å². The number of methoxy groups -OCH3 is 1. The first kappa shape index (κ1) is 27.4. The molecule has 6 rings (SSSR count). The molecule has 43 heavy (non-hydrogen) atoms. The lowest BCUT2D eigenvalue weighted by Gasteiger charge is -2.26. The van der Waals surface area contributed by atoms with Crippen molar-refractivity contribution in [1.29, 1.82) is 0 Å². The van der Waals surface area contributed by atoms with E-state index in [4.69, 9.17) is 4.74 Å². The lowest BCUT2D eigenvalue weighted by Crippen LogP contribution is -2.54. The van der Waals surface area contributed by atoms with E-state index in [-0.39, 0.29) is 40.4 Å². The van der Waals surface area contributed by atoms with Crippen LogP contribution in [-0.2, 0) is 18.4 Å². The highest BCUT2D eigenvalue weighted by Crippen LogP contribution is 2.33. The number of aryl methyl sites for hydroxylation is 1. The van der Waals surface area contributed by atoms with Crippen LogP contribution in [0.2, 0.25) is 0 Å². The summed E-state index contributed by atoms with van der Waals surface area (Å²) in [5.74, 6) is 1.96. The predicted octanol–water partition coefficient (Wildman–Crippen LogP) is 2.73. The van der Waals surface area contributed by atoms with E-state index < -0.39 is 41.6 Å². The predicted molar refractivity (Wildman–Crippen MR) is 147 cm³/mol. The molecule has 2 aliphatic rings. The lowest BCUT2D eigenvalue weighted by molar-refractivity contribution is -0.122. The number of ether oxygens (including phenoxy) is 1. The van der Waals surface area contributed by atoms with Crippen molar-refractivity contribution in [3.05, 3.63) is 83.2 Å². The molecular weight excluding hydrogens is 562 g/mol. The molecule has 0 bridgehead atoms. The van der Waals surface area contributed by atoms with Crippen LogP contribution in [0.1, 0.15) is 21.5 Å². The van der Waals surface area contributed by atoms with Crippen LogP contribution in [-0.4, -0.2) is 61.8 Å². The van der Waals surface area contributed by atoms with Crippen molar-refractivity contribution >= 4 is 17.8 Å². The number of aromatic nitrogens is 3. The highest BCUT2D eigenvalue weighted by atomic mass is 19.1. The Morgan fingerprint density at radius 1 is 1.14 bits per heavy atom. The third-order valence-electron chi connectivity index (χ3n) is 7.16. The molecule has 4 amide bonds. The summed E-state index contributed by atoms with van der Waals surface area (Å²) in [6.45, 7) is -0.425. The number of urea groups is 1. The zero-order valence-electron chi connectivity index (χ0n) is 22.7. The third kappa shape index (κ3) is 4.78. The van der Waals surface area contributed by atoms with Gasteiger partial charge >= 0.3 is 6.03 Å². The van der Waals surface area contributed by atoms with Crippen molar-refractivity contribution in [3.63, 3.8) is 0 Å². The van der Waals surface area contributed by atoms with Crippen molar-refractivity contribution in [3.8, 4) is 45.9 Å². The maximum absolute atomic E-state index is 15.3. The standard InChI is InChI=1S/C30H22F2N6O5/c1-37-13-18(12-33-37)21-6-7-22(39)26(34-21)19-5-3-16(11-20(19)31)9-10-30(28(41)35-29(42)36-30)15-38-14-17-4-8-23(43-2)25(32)24(17)27(38)40/h3-8,11-13,39H,14-15H2,1-2H3,(H2,35,36,41,42)/t30-/m1/s1. The van der Waals surface area contributed by atoms with Crippen LogP contribution in [0.4, 0.5) is 13.6 Å². The number of imide groups is 1. The van der Waals surface area contributed by atoms with Crippen LogP contribution in [0.25, 0.3) is 22.5 Å². The number of nitrogens with one attached hydrogen (secondary N) is 2. The van der Waals surface area contributed by atoms with Gasteiger partial charge in [-0.05, 0) is 42.0 Å². The Kier molecular flexibility index (Phi) is 6.53. The number of halogens is 2. The quantitative estimate of drug-likeness (QED) is 0.242. The first-order valence-electron chi connectivity index (χ1n) is 12.9. The molecule has 4 aromatic rings. The van der Waals surface area contributed by atoms with Gasteiger partial charge in [-0.2, -0.15) is 5.10 Å². The van der Waals surface area contributed by atoms with Gasteiger partial charge in [0.2, 0.25) is 5.54 Å². The van der Waals surface area contributed by atoms with Gasteiger partial charge in [-0.25, -0.2) is 18.6 Å². The van der Waals surface area contributed by atoms with Gasteiger partial charge in [0.1, 0.15) is 17.3 Å². The number of benzene rings is 2.